The van der Waals surface area contributed by atoms with Crippen LogP contribution in [0.25, 0.3) is 0 Å². The molecule has 0 fully saturated rings. The predicted octanol–water partition coefficient (Wildman–Crippen LogP) is 1.10. The summed E-state index contributed by atoms with van der Waals surface area (Å²) in [5.74, 6) is 0.710. The smallest absolute Gasteiger partial charge is 0.150 e. The van der Waals surface area contributed by atoms with Crippen molar-refractivity contribution in [3.8, 4) is 0 Å². The number of rotatable bonds is 4. The van der Waals surface area contributed by atoms with Crippen molar-refractivity contribution in [2.75, 3.05) is 7.11 Å². The van der Waals surface area contributed by atoms with Crippen LogP contribution >= 0.6 is 0 Å². The summed E-state index contributed by atoms with van der Waals surface area (Å²) in [4.78, 5) is 0. The van der Waals surface area contributed by atoms with Crippen molar-refractivity contribution in [2.45, 2.75) is 32.4 Å². The Morgan fingerprint density at radius 3 is 2.77 bits per heavy atom. The standard InChI is InChI=1S/C9H16N2O2/c1-9(2,12-3)5-7-4-8(6-10)13-11-7/h4H,5-6,10H2,1-3H3. The molecule has 0 aliphatic carbocycles. The minimum atomic E-state index is -0.206. The Bertz CT molecular complexity index is 268. The first-order chi connectivity index (χ1) is 6.07. The lowest BCUT2D eigenvalue weighted by atomic mass is 10.0. The van der Waals surface area contributed by atoms with Gasteiger partial charge in [0.05, 0.1) is 17.8 Å². The van der Waals surface area contributed by atoms with Gasteiger partial charge < -0.3 is 15.0 Å². The predicted molar refractivity (Wildman–Crippen MR) is 49.2 cm³/mol. The van der Waals surface area contributed by atoms with Gasteiger partial charge in [-0.25, -0.2) is 0 Å². The summed E-state index contributed by atoms with van der Waals surface area (Å²) >= 11 is 0. The van der Waals surface area contributed by atoms with Crippen molar-refractivity contribution in [2.24, 2.45) is 5.73 Å². The third-order valence-electron chi connectivity index (χ3n) is 1.97. The van der Waals surface area contributed by atoms with E-state index in [1.54, 1.807) is 7.11 Å². The minimum Gasteiger partial charge on any atom is -0.378 e. The molecule has 0 atom stereocenters. The minimum absolute atomic E-state index is 0.206. The maximum absolute atomic E-state index is 5.39. The number of nitrogens with two attached hydrogens (primary N) is 1. The number of hydrogen-bond donors (Lipinski definition) is 1. The number of aromatic nitrogens is 1. The topological polar surface area (TPSA) is 61.3 Å². The molecule has 1 heterocycles. The molecule has 74 valence electrons. The zero-order valence-corrected chi connectivity index (χ0v) is 8.33. The molecule has 0 aliphatic heterocycles. The summed E-state index contributed by atoms with van der Waals surface area (Å²) in [6.07, 6.45) is 0.729. The van der Waals surface area contributed by atoms with Crippen molar-refractivity contribution in [1.29, 1.82) is 0 Å². The molecule has 0 radical (unpaired) electrons. The van der Waals surface area contributed by atoms with E-state index in [4.69, 9.17) is 15.0 Å². The van der Waals surface area contributed by atoms with Crippen LogP contribution in [0.1, 0.15) is 25.3 Å². The van der Waals surface area contributed by atoms with E-state index in [2.05, 4.69) is 5.16 Å². The first-order valence-corrected chi connectivity index (χ1v) is 4.27. The van der Waals surface area contributed by atoms with Crippen LogP contribution in [0.3, 0.4) is 0 Å². The van der Waals surface area contributed by atoms with Gasteiger partial charge in [-0.05, 0) is 13.8 Å². The van der Waals surface area contributed by atoms with Crippen LogP contribution in [0.4, 0.5) is 0 Å². The molecule has 0 saturated heterocycles. The number of hydrogen-bond acceptors (Lipinski definition) is 4. The molecule has 1 aromatic rings. The Balaban J connectivity index is 2.63. The monoisotopic (exact) mass is 184 g/mol. The molecule has 1 rings (SSSR count). The van der Waals surface area contributed by atoms with Gasteiger partial charge in [-0.1, -0.05) is 5.16 Å². The number of nitrogens with zero attached hydrogens (tertiary/aromatic N) is 1. The summed E-state index contributed by atoms with van der Waals surface area (Å²) in [5, 5.41) is 3.89. The highest BCUT2D eigenvalue weighted by molar-refractivity contribution is 5.07. The lowest BCUT2D eigenvalue weighted by Gasteiger charge is -2.20. The normalized spacial score (nSPS) is 12.0. The molecular weight excluding hydrogens is 168 g/mol. The molecule has 0 spiro atoms. The Hall–Kier alpha value is -0.870. The SMILES string of the molecule is COC(C)(C)Cc1cc(CN)on1. The molecular formula is C9H16N2O2. The van der Waals surface area contributed by atoms with E-state index >= 15 is 0 Å². The fourth-order valence-electron chi connectivity index (χ4n) is 1.04. The van der Waals surface area contributed by atoms with Gasteiger partial charge in [-0.2, -0.15) is 0 Å². The van der Waals surface area contributed by atoms with Crippen molar-refractivity contribution in [3.05, 3.63) is 17.5 Å². The molecule has 1 aromatic heterocycles. The zero-order chi connectivity index (χ0) is 9.90. The Morgan fingerprint density at radius 1 is 1.62 bits per heavy atom. The second-order valence-electron chi connectivity index (χ2n) is 3.63. The van der Waals surface area contributed by atoms with Gasteiger partial charge >= 0.3 is 0 Å². The highest BCUT2D eigenvalue weighted by atomic mass is 16.5. The van der Waals surface area contributed by atoms with E-state index < -0.39 is 0 Å². The average Bonchev–Trinajstić information content (AvgIpc) is 2.52. The quantitative estimate of drug-likeness (QED) is 0.761. The molecule has 13 heavy (non-hydrogen) atoms. The molecule has 4 nitrogen and oxygen atoms in total. The zero-order valence-electron chi connectivity index (χ0n) is 8.33. The second kappa shape index (κ2) is 3.89. The maximum atomic E-state index is 5.39. The third-order valence-corrected chi connectivity index (χ3v) is 1.97. The van der Waals surface area contributed by atoms with Crippen LogP contribution in [0, 0.1) is 0 Å². The van der Waals surface area contributed by atoms with E-state index in [0.29, 0.717) is 12.3 Å². The molecule has 0 saturated carbocycles. The van der Waals surface area contributed by atoms with Gasteiger partial charge in [-0.15, -0.1) is 0 Å². The fourth-order valence-corrected chi connectivity index (χ4v) is 1.04. The van der Waals surface area contributed by atoms with E-state index in [1.807, 2.05) is 19.9 Å². The van der Waals surface area contributed by atoms with Crippen LogP contribution in [-0.4, -0.2) is 17.9 Å². The largest absolute Gasteiger partial charge is 0.378 e. The first-order valence-electron chi connectivity index (χ1n) is 4.27. The molecule has 0 amide bonds. The maximum Gasteiger partial charge on any atom is 0.150 e. The fraction of sp³-hybridized carbons (Fsp3) is 0.667. The van der Waals surface area contributed by atoms with E-state index in [0.717, 1.165) is 12.1 Å². The van der Waals surface area contributed by atoms with Gasteiger partial charge in [0.1, 0.15) is 0 Å². The van der Waals surface area contributed by atoms with Crippen molar-refractivity contribution in [1.82, 2.24) is 5.16 Å². The first kappa shape index (κ1) is 10.2. The lowest BCUT2D eigenvalue weighted by Crippen LogP contribution is -2.25. The van der Waals surface area contributed by atoms with Crippen molar-refractivity contribution >= 4 is 0 Å². The van der Waals surface area contributed by atoms with E-state index in [9.17, 15) is 0 Å². The summed E-state index contributed by atoms with van der Waals surface area (Å²) in [6, 6.07) is 1.86. The van der Waals surface area contributed by atoms with Crippen LogP contribution in [0.15, 0.2) is 10.6 Å². The van der Waals surface area contributed by atoms with Crippen LogP contribution < -0.4 is 5.73 Å². The second-order valence-corrected chi connectivity index (χ2v) is 3.63. The van der Waals surface area contributed by atoms with Crippen molar-refractivity contribution in [3.63, 3.8) is 0 Å². The molecule has 0 bridgehead atoms. The summed E-state index contributed by atoms with van der Waals surface area (Å²) < 4.78 is 10.2. The number of ether oxygens (including phenoxy) is 1. The number of methoxy groups -OCH3 is 1. The summed E-state index contributed by atoms with van der Waals surface area (Å²) in [6.45, 7) is 4.40. The Kier molecular flexibility index (Phi) is 3.06. The summed E-state index contributed by atoms with van der Waals surface area (Å²) in [7, 11) is 1.68. The van der Waals surface area contributed by atoms with Gasteiger partial charge in [0.25, 0.3) is 0 Å². The Morgan fingerprint density at radius 2 is 2.31 bits per heavy atom. The van der Waals surface area contributed by atoms with Crippen LogP contribution in [-0.2, 0) is 17.7 Å². The molecule has 0 aliphatic rings. The van der Waals surface area contributed by atoms with Gasteiger partial charge in [-0.3, -0.25) is 0 Å². The lowest BCUT2D eigenvalue weighted by molar-refractivity contribution is 0.0218. The van der Waals surface area contributed by atoms with Crippen LogP contribution in [0.2, 0.25) is 0 Å². The average molecular weight is 184 g/mol. The van der Waals surface area contributed by atoms with Gasteiger partial charge in [0.2, 0.25) is 0 Å². The molecule has 2 N–H and O–H groups in total. The highest BCUT2D eigenvalue weighted by Crippen LogP contribution is 2.15. The summed E-state index contributed by atoms with van der Waals surface area (Å²) in [5.41, 5.74) is 6.07. The molecule has 0 unspecified atom stereocenters. The van der Waals surface area contributed by atoms with Crippen LogP contribution in [0.5, 0.6) is 0 Å². The van der Waals surface area contributed by atoms with Gasteiger partial charge in [0, 0.05) is 19.6 Å². The Labute approximate surface area is 78.0 Å². The van der Waals surface area contributed by atoms with E-state index in [1.165, 1.54) is 0 Å². The van der Waals surface area contributed by atoms with Gasteiger partial charge in [0.15, 0.2) is 5.76 Å². The highest BCUT2D eigenvalue weighted by Gasteiger charge is 2.19. The molecule has 4 heteroatoms. The van der Waals surface area contributed by atoms with E-state index in [-0.39, 0.29) is 5.60 Å². The third kappa shape index (κ3) is 2.82. The van der Waals surface area contributed by atoms with Crippen molar-refractivity contribution < 1.29 is 9.26 Å². The molecule has 0 aromatic carbocycles.